The van der Waals surface area contributed by atoms with Crippen LogP contribution in [0.25, 0.3) is 0 Å². The summed E-state index contributed by atoms with van der Waals surface area (Å²) >= 11 is 0. The van der Waals surface area contributed by atoms with Crippen LogP contribution in [0.4, 0.5) is 0 Å². The second kappa shape index (κ2) is 3.61. The van der Waals surface area contributed by atoms with Crippen molar-refractivity contribution in [2.45, 2.75) is 45.6 Å². The molecule has 0 aromatic heterocycles. The van der Waals surface area contributed by atoms with Crippen LogP contribution in [0.3, 0.4) is 0 Å². The van der Waals surface area contributed by atoms with E-state index in [-0.39, 0.29) is 0 Å². The summed E-state index contributed by atoms with van der Waals surface area (Å²) in [5, 5.41) is 0. The van der Waals surface area contributed by atoms with Gasteiger partial charge in [-0.2, -0.15) is 0 Å². The molecule has 0 aromatic carbocycles. The standard InChI is InChI=1S/C12H23N/c1-9(2)12-7-11(8-13(12)3)10-5-4-6-10/h9-12H,4-8H2,1-3H3/t11-,12+/m1/s1. The minimum Gasteiger partial charge on any atom is -0.303 e. The van der Waals surface area contributed by atoms with Crippen LogP contribution < -0.4 is 0 Å². The monoisotopic (exact) mass is 181 g/mol. The molecule has 2 aliphatic rings. The lowest BCUT2D eigenvalue weighted by atomic mass is 9.74. The van der Waals surface area contributed by atoms with Crippen LogP contribution in [-0.2, 0) is 0 Å². The first-order chi connectivity index (χ1) is 6.18. The summed E-state index contributed by atoms with van der Waals surface area (Å²) < 4.78 is 0. The van der Waals surface area contributed by atoms with Gasteiger partial charge in [-0.1, -0.05) is 33.1 Å². The molecule has 2 fully saturated rings. The number of hydrogen-bond donors (Lipinski definition) is 0. The lowest BCUT2D eigenvalue weighted by Gasteiger charge is -2.31. The first kappa shape index (κ1) is 9.51. The molecular formula is C12H23N. The van der Waals surface area contributed by atoms with Crippen molar-refractivity contribution < 1.29 is 0 Å². The SMILES string of the molecule is CC(C)[C@@H]1C[C@@H](C2CCC2)CN1C. The highest BCUT2D eigenvalue weighted by Crippen LogP contribution is 2.40. The molecule has 1 aliphatic heterocycles. The molecule has 0 unspecified atom stereocenters. The zero-order valence-electron chi connectivity index (χ0n) is 9.29. The smallest absolute Gasteiger partial charge is 0.0118 e. The summed E-state index contributed by atoms with van der Waals surface area (Å²) in [6.07, 6.45) is 6.00. The van der Waals surface area contributed by atoms with Gasteiger partial charge in [0.15, 0.2) is 0 Å². The van der Waals surface area contributed by atoms with Gasteiger partial charge >= 0.3 is 0 Å². The molecule has 1 saturated carbocycles. The minimum atomic E-state index is 0.843. The van der Waals surface area contributed by atoms with Gasteiger partial charge < -0.3 is 4.90 Å². The van der Waals surface area contributed by atoms with Gasteiger partial charge in [0.25, 0.3) is 0 Å². The highest BCUT2D eigenvalue weighted by molar-refractivity contribution is 4.90. The van der Waals surface area contributed by atoms with Crippen LogP contribution in [-0.4, -0.2) is 24.5 Å². The summed E-state index contributed by atoms with van der Waals surface area (Å²) in [6.45, 7) is 6.10. The van der Waals surface area contributed by atoms with Crippen molar-refractivity contribution in [3.05, 3.63) is 0 Å². The minimum absolute atomic E-state index is 0.843. The van der Waals surface area contributed by atoms with Crippen molar-refractivity contribution in [3.63, 3.8) is 0 Å². The van der Waals surface area contributed by atoms with Crippen molar-refractivity contribution in [2.75, 3.05) is 13.6 Å². The van der Waals surface area contributed by atoms with E-state index in [2.05, 4.69) is 25.8 Å². The third-order valence-electron chi connectivity index (χ3n) is 4.22. The highest BCUT2D eigenvalue weighted by Gasteiger charge is 2.37. The summed E-state index contributed by atoms with van der Waals surface area (Å²) in [6, 6.07) is 0.866. The second-order valence-corrected chi connectivity index (χ2v) is 5.44. The van der Waals surface area contributed by atoms with Crippen molar-refractivity contribution in [3.8, 4) is 0 Å². The Morgan fingerprint density at radius 1 is 1.15 bits per heavy atom. The highest BCUT2D eigenvalue weighted by atomic mass is 15.2. The van der Waals surface area contributed by atoms with Gasteiger partial charge in [-0.25, -0.2) is 0 Å². The van der Waals surface area contributed by atoms with E-state index in [1.807, 2.05) is 0 Å². The van der Waals surface area contributed by atoms with Crippen LogP contribution in [0.5, 0.6) is 0 Å². The summed E-state index contributed by atoms with van der Waals surface area (Å²) in [5.41, 5.74) is 0. The molecule has 0 radical (unpaired) electrons. The summed E-state index contributed by atoms with van der Waals surface area (Å²) in [7, 11) is 2.31. The van der Waals surface area contributed by atoms with E-state index >= 15 is 0 Å². The first-order valence-corrected chi connectivity index (χ1v) is 5.88. The average molecular weight is 181 g/mol. The largest absolute Gasteiger partial charge is 0.303 e. The number of nitrogens with zero attached hydrogens (tertiary/aromatic N) is 1. The van der Waals surface area contributed by atoms with E-state index in [1.54, 1.807) is 0 Å². The van der Waals surface area contributed by atoms with E-state index in [4.69, 9.17) is 0 Å². The molecule has 0 amide bonds. The number of likely N-dealkylation sites (tertiary alicyclic amines) is 1. The third kappa shape index (κ3) is 1.76. The molecule has 1 aliphatic carbocycles. The van der Waals surface area contributed by atoms with Crippen molar-refractivity contribution >= 4 is 0 Å². The lowest BCUT2D eigenvalue weighted by Crippen LogP contribution is -2.29. The maximum atomic E-state index is 2.59. The predicted molar refractivity (Wildman–Crippen MR) is 56.7 cm³/mol. The molecule has 2 atom stereocenters. The molecule has 1 saturated heterocycles. The Kier molecular flexibility index (Phi) is 2.64. The van der Waals surface area contributed by atoms with Gasteiger partial charge in [-0.3, -0.25) is 0 Å². The van der Waals surface area contributed by atoms with Crippen molar-refractivity contribution in [2.24, 2.45) is 17.8 Å². The maximum absolute atomic E-state index is 2.59. The average Bonchev–Trinajstić information content (AvgIpc) is 2.27. The Morgan fingerprint density at radius 2 is 1.85 bits per heavy atom. The fraction of sp³-hybridized carbons (Fsp3) is 1.00. The fourth-order valence-corrected chi connectivity index (χ4v) is 3.10. The number of hydrogen-bond acceptors (Lipinski definition) is 1. The third-order valence-corrected chi connectivity index (χ3v) is 4.22. The molecule has 1 heteroatoms. The van der Waals surface area contributed by atoms with Gasteiger partial charge in [0.2, 0.25) is 0 Å². The Balaban J connectivity index is 1.90. The van der Waals surface area contributed by atoms with Crippen LogP contribution in [0.1, 0.15) is 39.5 Å². The van der Waals surface area contributed by atoms with Crippen LogP contribution >= 0.6 is 0 Å². The Labute approximate surface area is 82.5 Å². The van der Waals surface area contributed by atoms with E-state index < -0.39 is 0 Å². The Morgan fingerprint density at radius 3 is 2.23 bits per heavy atom. The molecule has 1 heterocycles. The topological polar surface area (TPSA) is 3.24 Å². The van der Waals surface area contributed by atoms with Crippen molar-refractivity contribution in [1.82, 2.24) is 4.90 Å². The zero-order valence-corrected chi connectivity index (χ0v) is 9.29. The van der Waals surface area contributed by atoms with E-state index in [1.165, 1.54) is 32.2 Å². The van der Waals surface area contributed by atoms with Gasteiger partial charge in [-0.15, -0.1) is 0 Å². The second-order valence-electron chi connectivity index (χ2n) is 5.44. The Bertz CT molecular complexity index is 172. The first-order valence-electron chi connectivity index (χ1n) is 5.88. The molecule has 0 spiro atoms. The van der Waals surface area contributed by atoms with Crippen LogP contribution in [0.2, 0.25) is 0 Å². The van der Waals surface area contributed by atoms with Crippen LogP contribution in [0.15, 0.2) is 0 Å². The van der Waals surface area contributed by atoms with Gasteiger partial charge in [0, 0.05) is 12.6 Å². The molecule has 0 aromatic rings. The summed E-state index contributed by atoms with van der Waals surface area (Å²) in [4.78, 5) is 2.59. The van der Waals surface area contributed by atoms with Gasteiger partial charge in [0.1, 0.15) is 0 Å². The van der Waals surface area contributed by atoms with E-state index in [0.717, 1.165) is 23.8 Å². The van der Waals surface area contributed by atoms with E-state index in [9.17, 15) is 0 Å². The van der Waals surface area contributed by atoms with E-state index in [0.29, 0.717) is 0 Å². The van der Waals surface area contributed by atoms with Gasteiger partial charge in [0.05, 0.1) is 0 Å². The normalized spacial score (nSPS) is 36.9. The molecule has 13 heavy (non-hydrogen) atoms. The molecule has 2 rings (SSSR count). The molecule has 0 bridgehead atoms. The predicted octanol–water partition coefficient (Wildman–Crippen LogP) is 2.76. The molecule has 0 N–H and O–H groups in total. The number of rotatable bonds is 2. The van der Waals surface area contributed by atoms with Crippen molar-refractivity contribution in [1.29, 1.82) is 0 Å². The quantitative estimate of drug-likeness (QED) is 0.633. The maximum Gasteiger partial charge on any atom is 0.0118 e. The van der Waals surface area contributed by atoms with Crippen LogP contribution in [0, 0.1) is 17.8 Å². The Hall–Kier alpha value is -0.0400. The molecular weight excluding hydrogens is 158 g/mol. The van der Waals surface area contributed by atoms with Gasteiger partial charge in [-0.05, 0) is 31.2 Å². The molecule has 76 valence electrons. The summed E-state index contributed by atoms with van der Waals surface area (Å²) in [5.74, 6) is 2.97. The fourth-order valence-electron chi connectivity index (χ4n) is 3.10. The lowest BCUT2D eigenvalue weighted by molar-refractivity contribution is 0.207. The molecule has 1 nitrogen and oxygen atoms in total. The zero-order chi connectivity index (χ0) is 9.42.